The van der Waals surface area contributed by atoms with E-state index < -0.39 is 10.0 Å². The first-order chi connectivity index (χ1) is 12.4. The maximum absolute atomic E-state index is 12.2. The maximum Gasteiger partial charge on any atom is 0.240 e. The number of sulfonamides is 1. The molecular weight excluding hydrogens is 354 g/mol. The summed E-state index contributed by atoms with van der Waals surface area (Å²) in [7, 11) is -3.64. The fraction of sp³-hybridized carbons (Fsp3) is 0.556. The van der Waals surface area contributed by atoms with Crippen molar-refractivity contribution >= 4 is 27.5 Å². The summed E-state index contributed by atoms with van der Waals surface area (Å²) in [5.41, 5.74) is 0.534. The molecule has 3 N–H and O–H groups in total. The molecule has 1 aliphatic carbocycles. The van der Waals surface area contributed by atoms with Crippen LogP contribution >= 0.6 is 0 Å². The van der Waals surface area contributed by atoms with Crippen molar-refractivity contribution in [2.45, 2.75) is 50.3 Å². The van der Waals surface area contributed by atoms with E-state index in [1.165, 1.54) is 50.5 Å². The van der Waals surface area contributed by atoms with Crippen molar-refractivity contribution in [1.82, 2.24) is 10.0 Å². The summed E-state index contributed by atoms with van der Waals surface area (Å²) < 4.78 is 26.9. The van der Waals surface area contributed by atoms with Crippen LogP contribution in [-0.4, -0.2) is 33.3 Å². The SMILES string of the molecule is CC(=O)Nc1ccc(S(=O)(=O)NCCNC(=O)CC2CCCCC2)cc1. The molecule has 1 aromatic carbocycles. The van der Waals surface area contributed by atoms with Gasteiger partial charge in [-0.2, -0.15) is 0 Å². The Morgan fingerprint density at radius 2 is 1.69 bits per heavy atom. The van der Waals surface area contributed by atoms with Gasteiger partial charge in [0, 0.05) is 32.1 Å². The first-order valence-corrected chi connectivity index (χ1v) is 10.5. The van der Waals surface area contributed by atoms with Crippen LogP contribution in [0.4, 0.5) is 5.69 Å². The van der Waals surface area contributed by atoms with Gasteiger partial charge in [-0.1, -0.05) is 19.3 Å². The summed E-state index contributed by atoms with van der Waals surface area (Å²) >= 11 is 0. The van der Waals surface area contributed by atoms with E-state index in [1.807, 2.05) is 0 Å². The van der Waals surface area contributed by atoms with Crippen molar-refractivity contribution in [3.8, 4) is 0 Å². The van der Waals surface area contributed by atoms with E-state index in [1.54, 1.807) is 0 Å². The predicted molar refractivity (Wildman–Crippen MR) is 100 cm³/mol. The quantitative estimate of drug-likeness (QED) is 0.599. The molecule has 1 aromatic rings. The van der Waals surface area contributed by atoms with Gasteiger partial charge in [-0.3, -0.25) is 9.59 Å². The molecule has 0 saturated heterocycles. The zero-order valence-electron chi connectivity index (χ0n) is 15.1. The molecule has 1 fully saturated rings. The second-order valence-electron chi connectivity index (χ2n) is 6.66. The van der Waals surface area contributed by atoms with Gasteiger partial charge >= 0.3 is 0 Å². The Hall–Kier alpha value is -1.93. The molecular formula is C18H27N3O4S. The van der Waals surface area contributed by atoms with Gasteiger partial charge in [0.2, 0.25) is 21.8 Å². The summed E-state index contributed by atoms with van der Waals surface area (Å²) in [6, 6.07) is 5.91. The summed E-state index contributed by atoms with van der Waals surface area (Å²) in [5, 5.41) is 5.35. The van der Waals surface area contributed by atoms with Crippen LogP contribution in [0, 0.1) is 5.92 Å². The summed E-state index contributed by atoms with van der Waals surface area (Å²) in [4.78, 5) is 23.0. The van der Waals surface area contributed by atoms with Crippen LogP contribution in [0.2, 0.25) is 0 Å². The molecule has 26 heavy (non-hydrogen) atoms. The van der Waals surface area contributed by atoms with Gasteiger partial charge in [0.05, 0.1) is 4.90 Å². The molecule has 1 saturated carbocycles. The van der Waals surface area contributed by atoms with Crippen molar-refractivity contribution in [3.63, 3.8) is 0 Å². The second kappa shape index (κ2) is 9.68. The standard InChI is InChI=1S/C18H27N3O4S/c1-14(22)21-16-7-9-17(10-8-16)26(24,25)20-12-11-19-18(23)13-15-5-3-2-4-6-15/h7-10,15,20H,2-6,11-13H2,1H3,(H,19,23)(H,21,22). The Balaban J connectivity index is 1.73. The van der Waals surface area contributed by atoms with Gasteiger partial charge < -0.3 is 10.6 Å². The van der Waals surface area contributed by atoms with Crippen LogP contribution in [0.1, 0.15) is 45.4 Å². The topological polar surface area (TPSA) is 104 Å². The van der Waals surface area contributed by atoms with Gasteiger partial charge in [-0.05, 0) is 43.0 Å². The van der Waals surface area contributed by atoms with Gasteiger partial charge in [-0.15, -0.1) is 0 Å². The third-order valence-electron chi connectivity index (χ3n) is 4.42. The van der Waals surface area contributed by atoms with Crippen molar-refractivity contribution in [2.24, 2.45) is 5.92 Å². The Morgan fingerprint density at radius 3 is 2.31 bits per heavy atom. The zero-order valence-corrected chi connectivity index (χ0v) is 15.9. The van der Waals surface area contributed by atoms with E-state index in [4.69, 9.17) is 0 Å². The van der Waals surface area contributed by atoms with Crippen molar-refractivity contribution < 1.29 is 18.0 Å². The minimum absolute atomic E-state index is 0.0178. The average Bonchev–Trinajstić information content (AvgIpc) is 2.60. The van der Waals surface area contributed by atoms with E-state index >= 15 is 0 Å². The largest absolute Gasteiger partial charge is 0.355 e. The van der Waals surface area contributed by atoms with Crippen molar-refractivity contribution in [2.75, 3.05) is 18.4 Å². The van der Waals surface area contributed by atoms with Crippen molar-refractivity contribution in [1.29, 1.82) is 0 Å². The molecule has 0 bridgehead atoms. The van der Waals surface area contributed by atoms with Crippen LogP contribution in [-0.2, 0) is 19.6 Å². The Morgan fingerprint density at radius 1 is 1.04 bits per heavy atom. The molecule has 8 heteroatoms. The van der Waals surface area contributed by atoms with E-state index in [-0.39, 0.29) is 29.8 Å². The number of hydrogen-bond acceptors (Lipinski definition) is 4. The van der Waals surface area contributed by atoms with Crippen LogP contribution in [0.3, 0.4) is 0 Å². The van der Waals surface area contributed by atoms with Crippen LogP contribution in [0.25, 0.3) is 0 Å². The number of carbonyl (C=O) groups is 2. The van der Waals surface area contributed by atoms with Gasteiger partial charge in [0.25, 0.3) is 0 Å². The molecule has 2 rings (SSSR count). The molecule has 1 aliphatic rings. The number of carbonyl (C=O) groups excluding carboxylic acids is 2. The Labute approximate surface area is 155 Å². The van der Waals surface area contributed by atoms with Crippen molar-refractivity contribution in [3.05, 3.63) is 24.3 Å². The number of benzene rings is 1. The molecule has 7 nitrogen and oxygen atoms in total. The van der Waals surface area contributed by atoms with Gasteiger partial charge in [0.15, 0.2) is 0 Å². The highest BCUT2D eigenvalue weighted by Gasteiger charge is 2.17. The maximum atomic E-state index is 12.2. The van der Waals surface area contributed by atoms with Gasteiger partial charge in [0.1, 0.15) is 0 Å². The highest BCUT2D eigenvalue weighted by Crippen LogP contribution is 2.25. The first kappa shape index (κ1) is 20.4. The fourth-order valence-electron chi connectivity index (χ4n) is 3.12. The molecule has 0 aromatic heterocycles. The minimum Gasteiger partial charge on any atom is -0.355 e. The lowest BCUT2D eigenvalue weighted by Gasteiger charge is -2.20. The molecule has 0 spiro atoms. The lowest BCUT2D eigenvalue weighted by atomic mass is 9.87. The third-order valence-corrected chi connectivity index (χ3v) is 5.90. The van der Waals surface area contributed by atoms with Gasteiger partial charge in [-0.25, -0.2) is 13.1 Å². The molecule has 0 atom stereocenters. The molecule has 0 heterocycles. The molecule has 144 valence electrons. The summed E-state index contributed by atoms with van der Waals surface area (Å²) in [5.74, 6) is 0.223. The molecule has 0 aliphatic heterocycles. The Bertz CT molecular complexity index is 710. The number of nitrogens with one attached hydrogen (secondary N) is 3. The number of hydrogen-bond donors (Lipinski definition) is 3. The minimum atomic E-state index is -3.64. The Kier molecular flexibility index (Phi) is 7.59. The second-order valence-corrected chi connectivity index (χ2v) is 8.43. The molecule has 0 radical (unpaired) electrons. The predicted octanol–water partition coefficient (Wildman–Crippen LogP) is 2.01. The summed E-state index contributed by atoms with van der Waals surface area (Å²) in [6.07, 6.45) is 6.38. The van der Waals surface area contributed by atoms with Crippen LogP contribution in [0.5, 0.6) is 0 Å². The fourth-order valence-corrected chi connectivity index (χ4v) is 4.15. The highest BCUT2D eigenvalue weighted by atomic mass is 32.2. The summed E-state index contributed by atoms with van der Waals surface area (Å²) in [6.45, 7) is 1.77. The van der Waals surface area contributed by atoms with E-state index in [9.17, 15) is 18.0 Å². The molecule has 2 amide bonds. The highest BCUT2D eigenvalue weighted by molar-refractivity contribution is 7.89. The van der Waals surface area contributed by atoms with E-state index in [0.717, 1.165) is 12.8 Å². The molecule has 0 unspecified atom stereocenters. The van der Waals surface area contributed by atoms with E-state index in [2.05, 4.69) is 15.4 Å². The smallest absolute Gasteiger partial charge is 0.240 e. The van der Waals surface area contributed by atoms with Crippen LogP contribution in [0.15, 0.2) is 29.2 Å². The lowest BCUT2D eigenvalue weighted by Crippen LogP contribution is -2.35. The number of rotatable bonds is 8. The lowest BCUT2D eigenvalue weighted by molar-refractivity contribution is -0.122. The number of anilines is 1. The zero-order chi connectivity index (χ0) is 19.0. The number of amides is 2. The monoisotopic (exact) mass is 381 g/mol. The average molecular weight is 381 g/mol. The van der Waals surface area contributed by atoms with Crippen LogP contribution < -0.4 is 15.4 Å². The third kappa shape index (κ3) is 6.76. The first-order valence-electron chi connectivity index (χ1n) is 9.01. The van der Waals surface area contributed by atoms with E-state index in [0.29, 0.717) is 18.0 Å². The normalized spacial score (nSPS) is 15.4.